The number of halogens is 5. The van der Waals surface area contributed by atoms with E-state index >= 15 is 0 Å². The number of hydrogen-bond acceptors (Lipinski definition) is 1. The van der Waals surface area contributed by atoms with Crippen LogP contribution in [0.4, 0.5) is 17.6 Å². The smallest absolute Gasteiger partial charge is 0.194 e. The second-order valence-electron chi connectivity index (χ2n) is 4.07. The van der Waals surface area contributed by atoms with Crippen molar-refractivity contribution < 1.29 is 22.4 Å². The highest BCUT2D eigenvalue weighted by molar-refractivity contribution is 6.31. The van der Waals surface area contributed by atoms with E-state index in [0.717, 1.165) is 6.07 Å². The standard InChI is InChI=1S/C14H7ClF4O/c15-13-7(2-1-3-9(13)16)6-12(20)8-4-10(17)14(19)11(18)5-8/h1-5H,6H2. The summed E-state index contributed by atoms with van der Waals surface area (Å²) in [6.45, 7) is 0. The van der Waals surface area contributed by atoms with Crippen LogP contribution in [0.15, 0.2) is 30.3 Å². The van der Waals surface area contributed by atoms with Gasteiger partial charge < -0.3 is 0 Å². The van der Waals surface area contributed by atoms with E-state index in [4.69, 9.17) is 11.6 Å². The first-order valence-corrected chi connectivity index (χ1v) is 5.88. The van der Waals surface area contributed by atoms with Crippen LogP contribution < -0.4 is 0 Å². The Morgan fingerprint density at radius 2 is 1.60 bits per heavy atom. The average Bonchev–Trinajstić information content (AvgIpc) is 2.40. The van der Waals surface area contributed by atoms with Gasteiger partial charge in [-0.15, -0.1) is 0 Å². The van der Waals surface area contributed by atoms with Gasteiger partial charge in [-0.2, -0.15) is 0 Å². The van der Waals surface area contributed by atoms with Gasteiger partial charge in [-0.3, -0.25) is 4.79 Å². The highest BCUT2D eigenvalue weighted by Gasteiger charge is 2.17. The quantitative estimate of drug-likeness (QED) is 0.469. The zero-order valence-electron chi connectivity index (χ0n) is 9.89. The first kappa shape index (κ1) is 14.5. The van der Waals surface area contributed by atoms with Crippen LogP contribution in [0.2, 0.25) is 5.02 Å². The Labute approximate surface area is 116 Å². The lowest BCUT2D eigenvalue weighted by Gasteiger charge is -2.05. The molecule has 0 radical (unpaired) electrons. The van der Waals surface area contributed by atoms with Gasteiger partial charge in [0, 0.05) is 12.0 Å². The van der Waals surface area contributed by atoms with Crippen LogP contribution >= 0.6 is 11.6 Å². The van der Waals surface area contributed by atoms with E-state index < -0.39 is 29.1 Å². The molecule has 0 aliphatic rings. The molecule has 0 saturated carbocycles. The largest absolute Gasteiger partial charge is 0.294 e. The van der Waals surface area contributed by atoms with E-state index in [1.54, 1.807) is 0 Å². The lowest BCUT2D eigenvalue weighted by atomic mass is 10.0. The topological polar surface area (TPSA) is 17.1 Å². The highest BCUT2D eigenvalue weighted by atomic mass is 35.5. The molecule has 0 atom stereocenters. The summed E-state index contributed by atoms with van der Waals surface area (Å²) in [5, 5.41) is -0.232. The van der Waals surface area contributed by atoms with Gasteiger partial charge >= 0.3 is 0 Å². The SMILES string of the molecule is O=C(Cc1cccc(F)c1Cl)c1cc(F)c(F)c(F)c1. The Morgan fingerprint density at radius 3 is 2.20 bits per heavy atom. The average molecular weight is 303 g/mol. The number of ketones is 1. The number of rotatable bonds is 3. The Hall–Kier alpha value is -1.88. The minimum Gasteiger partial charge on any atom is -0.294 e. The molecule has 0 amide bonds. The fourth-order valence-corrected chi connectivity index (χ4v) is 1.87. The van der Waals surface area contributed by atoms with E-state index in [2.05, 4.69) is 0 Å². The fraction of sp³-hybridized carbons (Fsp3) is 0.0714. The van der Waals surface area contributed by atoms with E-state index in [1.165, 1.54) is 12.1 Å². The van der Waals surface area contributed by atoms with Gasteiger partial charge in [-0.1, -0.05) is 23.7 Å². The summed E-state index contributed by atoms with van der Waals surface area (Å²) in [4.78, 5) is 11.9. The normalized spacial score (nSPS) is 10.7. The van der Waals surface area contributed by atoms with Crippen molar-refractivity contribution in [3.05, 3.63) is 69.8 Å². The molecule has 0 fully saturated rings. The summed E-state index contributed by atoms with van der Waals surface area (Å²) in [6, 6.07) is 5.07. The van der Waals surface area contributed by atoms with Crippen molar-refractivity contribution in [3.8, 4) is 0 Å². The predicted molar refractivity (Wildman–Crippen MR) is 65.8 cm³/mol. The van der Waals surface area contributed by atoms with Gasteiger partial charge in [0.1, 0.15) is 5.82 Å². The van der Waals surface area contributed by atoms with Crippen LogP contribution in [0.3, 0.4) is 0 Å². The van der Waals surface area contributed by atoms with Crippen molar-refractivity contribution in [2.45, 2.75) is 6.42 Å². The molecule has 2 rings (SSSR count). The van der Waals surface area contributed by atoms with E-state index in [1.807, 2.05) is 0 Å². The maximum atomic E-state index is 13.2. The second kappa shape index (κ2) is 5.63. The summed E-state index contributed by atoms with van der Waals surface area (Å²) in [5.74, 6) is -5.97. The molecule has 0 N–H and O–H groups in total. The number of carbonyl (C=O) groups is 1. The Balaban J connectivity index is 2.31. The molecule has 0 saturated heterocycles. The molecule has 20 heavy (non-hydrogen) atoms. The molecule has 0 aliphatic heterocycles. The lowest BCUT2D eigenvalue weighted by molar-refractivity contribution is 0.0992. The summed E-state index contributed by atoms with van der Waals surface area (Å²) in [5.41, 5.74) is -0.163. The van der Waals surface area contributed by atoms with E-state index in [9.17, 15) is 22.4 Å². The molecular formula is C14H7ClF4O. The van der Waals surface area contributed by atoms with Crippen molar-refractivity contribution in [1.82, 2.24) is 0 Å². The molecule has 6 heteroatoms. The zero-order chi connectivity index (χ0) is 14.9. The maximum Gasteiger partial charge on any atom is 0.194 e. The molecule has 2 aromatic rings. The third kappa shape index (κ3) is 2.82. The van der Waals surface area contributed by atoms with E-state index in [-0.39, 0.29) is 22.6 Å². The molecule has 1 nitrogen and oxygen atoms in total. The number of carbonyl (C=O) groups excluding carboxylic acids is 1. The maximum absolute atomic E-state index is 13.2. The van der Waals surface area contributed by atoms with Crippen molar-refractivity contribution in [2.75, 3.05) is 0 Å². The first-order valence-electron chi connectivity index (χ1n) is 5.50. The van der Waals surface area contributed by atoms with Crippen LogP contribution in [0, 0.1) is 23.3 Å². The Kier molecular flexibility index (Phi) is 4.09. The predicted octanol–water partition coefficient (Wildman–Crippen LogP) is 4.32. The van der Waals surface area contributed by atoms with Gasteiger partial charge in [0.05, 0.1) is 5.02 Å². The molecule has 0 heterocycles. The monoisotopic (exact) mass is 302 g/mol. The van der Waals surface area contributed by atoms with Gasteiger partial charge in [0.15, 0.2) is 23.2 Å². The number of hydrogen-bond donors (Lipinski definition) is 0. The fourth-order valence-electron chi connectivity index (χ4n) is 1.68. The number of benzene rings is 2. The van der Waals surface area contributed by atoms with E-state index in [0.29, 0.717) is 12.1 Å². The zero-order valence-corrected chi connectivity index (χ0v) is 10.6. The molecule has 0 spiro atoms. The second-order valence-corrected chi connectivity index (χ2v) is 4.44. The van der Waals surface area contributed by atoms with Crippen molar-refractivity contribution >= 4 is 17.4 Å². The van der Waals surface area contributed by atoms with Gasteiger partial charge in [-0.25, -0.2) is 17.6 Å². The summed E-state index contributed by atoms with van der Waals surface area (Å²) < 4.78 is 52.0. The summed E-state index contributed by atoms with van der Waals surface area (Å²) >= 11 is 5.68. The molecule has 0 aromatic heterocycles. The Morgan fingerprint density at radius 1 is 1.00 bits per heavy atom. The molecule has 2 aromatic carbocycles. The number of Topliss-reactive ketones (excluding diaryl/α,β-unsaturated/α-hetero) is 1. The molecule has 104 valence electrons. The van der Waals surface area contributed by atoms with Crippen molar-refractivity contribution in [2.24, 2.45) is 0 Å². The molecular weight excluding hydrogens is 296 g/mol. The van der Waals surface area contributed by atoms with Crippen molar-refractivity contribution in [3.63, 3.8) is 0 Å². The summed E-state index contributed by atoms with van der Waals surface area (Å²) in [6.07, 6.45) is -0.346. The van der Waals surface area contributed by atoms with Crippen molar-refractivity contribution in [1.29, 1.82) is 0 Å². The van der Waals surface area contributed by atoms with Crippen LogP contribution in [-0.2, 0) is 6.42 Å². The van der Waals surface area contributed by atoms with Crippen LogP contribution in [-0.4, -0.2) is 5.78 Å². The third-order valence-corrected chi connectivity index (χ3v) is 3.11. The Bertz CT molecular complexity index is 662. The summed E-state index contributed by atoms with van der Waals surface area (Å²) in [7, 11) is 0. The lowest BCUT2D eigenvalue weighted by Crippen LogP contribution is -2.07. The van der Waals surface area contributed by atoms with Crippen LogP contribution in [0.5, 0.6) is 0 Å². The first-order chi connectivity index (χ1) is 9.40. The minimum absolute atomic E-state index is 0.182. The third-order valence-electron chi connectivity index (χ3n) is 2.69. The van der Waals surface area contributed by atoms with Crippen LogP contribution in [0.1, 0.15) is 15.9 Å². The molecule has 0 aliphatic carbocycles. The molecule has 0 bridgehead atoms. The van der Waals surface area contributed by atoms with Gasteiger partial charge in [0.2, 0.25) is 0 Å². The van der Waals surface area contributed by atoms with Crippen LogP contribution in [0.25, 0.3) is 0 Å². The van der Waals surface area contributed by atoms with Gasteiger partial charge in [0.25, 0.3) is 0 Å². The minimum atomic E-state index is -1.65. The highest BCUT2D eigenvalue weighted by Crippen LogP contribution is 2.22. The van der Waals surface area contributed by atoms with Gasteiger partial charge in [-0.05, 0) is 23.8 Å². The molecule has 0 unspecified atom stereocenters.